The largest absolute Gasteiger partial charge is 0.363 e. The highest BCUT2D eigenvalue weighted by Crippen LogP contribution is 1.94. The van der Waals surface area contributed by atoms with Gasteiger partial charge in [-0.1, -0.05) is 4.89 Å². The molecule has 0 radical (unpaired) electrons. The summed E-state index contributed by atoms with van der Waals surface area (Å²) in [5, 5.41) is 7.79. The van der Waals surface area contributed by atoms with Crippen molar-refractivity contribution in [2.24, 2.45) is 5.84 Å². The van der Waals surface area contributed by atoms with Crippen molar-refractivity contribution in [2.45, 2.75) is 0 Å². The number of rotatable bonds is 3. The van der Waals surface area contributed by atoms with Gasteiger partial charge >= 0.3 is 20.5 Å². The molecule has 0 bridgehead atoms. The second-order valence-electron chi connectivity index (χ2n) is 1.30. The summed E-state index contributed by atoms with van der Waals surface area (Å²) in [5.74, 6) is 4.32. The second kappa shape index (κ2) is 2.98. The fraction of sp³-hybridized carbons (Fsp3) is 0. The molecule has 0 atom stereocenters. The molecule has 0 aromatic rings. The maximum absolute atomic E-state index is 10.2. The summed E-state index contributed by atoms with van der Waals surface area (Å²) in [6.45, 7) is 0. The number of nitrogens with one attached hydrogen (secondary N) is 1. The summed E-state index contributed by atoms with van der Waals surface area (Å²) in [7, 11) is -9.85. The lowest BCUT2D eigenvalue weighted by molar-refractivity contribution is 0.234. The Kier molecular flexibility index (Phi) is 2.90. The molecule has 0 spiro atoms. The van der Waals surface area contributed by atoms with Crippen LogP contribution >= 0.6 is 0 Å². The summed E-state index contributed by atoms with van der Waals surface area (Å²) in [6, 6.07) is 0. The van der Waals surface area contributed by atoms with Crippen molar-refractivity contribution in [3.8, 4) is 0 Å². The molecule has 0 amide bonds. The molecule has 68 valence electrons. The van der Waals surface area contributed by atoms with Gasteiger partial charge in [-0.05, 0) is 0 Å². The van der Waals surface area contributed by atoms with Crippen molar-refractivity contribution < 1.29 is 26.6 Å². The van der Waals surface area contributed by atoms with Crippen LogP contribution in [0.3, 0.4) is 0 Å². The van der Waals surface area contributed by atoms with Gasteiger partial charge in [0.2, 0.25) is 0 Å². The molecule has 0 aliphatic heterocycles. The Morgan fingerprint density at radius 2 is 1.64 bits per heavy atom. The van der Waals surface area contributed by atoms with Gasteiger partial charge in [-0.2, -0.15) is 16.8 Å². The molecular formula is H5N3O6S2. The Balaban J connectivity index is 4.96. The molecule has 0 saturated carbocycles. The van der Waals surface area contributed by atoms with Crippen molar-refractivity contribution in [2.75, 3.05) is 0 Å². The van der Waals surface area contributed by atoms with Gasteiger partial charge in [0, 0.05) is 3.82 Å². The molecule has 0 fully saturated rings. The SMILES string of the molecule is NN(S(=O)(=O)O)S(=O)(=O)NO. The lowest BCUT2D eigenvalue weighted by Gasteiger charge is -2.09. The molecular weight excluding hydrogens is 202 g/mol. The molecule has 0 rings (SSSR count). The number of hydrogen-bond acceptors (Lipinski definition) is 6. The van der Waals surface area contributed by atoms with Crippen molar-refractivity contribution in [1.82, 2.24) is 8.70 Å². The maximum atomic E-state index is 10.2. The monoisotopic (exact) mass is 207 g/mol. The Labute approximate surface area is 62.4 Å². The highest BCUT2D eigenvalue weighted by molar-refractivity contribution is 8.00. The van der Waals surface area contributed by atoms with Gasteiger partial charge in [0.05, 0.1) is 0 Å². The molecule has 0 saturated heterocycles. The van der Waals surface area contributed by atoms with E-state index in [4.69, 9.17) is 9.76 Å². The Hall–Kier alpha value is -0.300. The van der Waals surface area contributed by atoms with E-state index in [2.05, 4.69) is 5.84 Å². The fourth-order valence-electron chi connectivity index (χ4n) is 0.164. The topological polar surface area (TPSA) is 150 Å². The molecule has 11 heteroatoms. The predicted molar refractivity (Wildman–Crippen MR) is 31.4 cm³/mol. The summed E-state index contributed by atoms with van der Waals surface area (Å²) in [5.41, 5.74) is 0. The van der Waals surface area contributed by atoms with E-state index < -0.39 is 24.3 Å². The van der Waals surface area contributed by atoms with Crippen LogP contribution in [0.25, 0.3) is 0 Å². The van der Waals surface area contributed by atoms with Crippen LogP contribution in [0.2, 0.25) is 0 Å². The normalized spacial score (nSPS) is 13.8. The van der Waals surface area contributed by atoms with Crippen LogP contribution in [-0.4, -0.2) is 30.4 Å². The van der Waals surface area contributed by atoms with Crippen molar-refractivity contribution in [3.05, 3.63) is 0 Å². The van der Waals surface area contributed by atoms with Crippen molar-refractivity contribution in [3.63, 3.8) is 0 Å². The Bertz CT molecular complexity index is 310. The quantitative estimate of drug-likeness (QED) is 0.221. The zero-order valence-corrected chi connectivity index (χ0v) is 6.50. The molecule has 5 N–H and O–H groups in total. The van der Waals surface area contributed by atoms with Crippen molar-refractivity contribution >= 4 is 20.5 Å². The minimum Gasteiger partial charge on any atom is -0.301 e. The Morgan fingerprint density at radius 3 is 1.73 bits per heavy atom. The minimum atomic E-state index is -5.07. The van der Waals surface area contributed by atoms with Gasteiger partial charge in [-0.3, -0.25) is 4.55 Å². The van der Waals surface area contributed by atoms with E-state index >= 15 is 0 Å². The molecule has 9 nitrogen and oxygen atoms in total. The van der Waals surface area contributed by atoms with E-state index in [0.717, 1.165) is 0 Å². The van der Waals surface area contributed by atoms with Crippen LogP contribution in [0.4, 0.5) is 0 Å². The first kappa shape index (κ1) is 10.7. The van der Waals surface area contributed by atoms with Gasteiger partial charge in [0.25, 0.3) is 0 Å². The van der Waals surface area contributed by atoms with Crippen LogP contribution in [-0.2, 0) is 20.5 Å². The number of nitrogens with zero attached hydrogens (tertiary/aromatic N) is 1. The predicted octanol–water partition coefficient (Wildman–Crippen LogP) is -2.81. The van der Waals surface area contributed by atoms with E-state index in [1.54, 1.807) is 0 Å². The zero-order valence-electron chi connectivity index (χ0n) is 4.87. The third kappa shape index (κ3) is 2.66. The van der Waals surface area contributed by atoms with Crippen LogP contribution in [0.5, 0.6) is 0 Å². The summed E-state index contributed by atoms with van der Waals surface area (Å²) in [4.78, 5) is 0.582. The van der Waals surface area contributed by atoms with Gasteiger partial charge < -0.3 is 5.21 Å². The van der Waals surface area contributed by atoms with Crippen LogP contribution in [0, 0.1) is 0 Å². The van der Waals surface area contributed by atoms with Gasteiger partial charge in [-0.15, -0.1) is 0 Å². The molecule has 0 heterocycles. The first-order chi connectivity index (χ1) is 4.72. The lowest BCUT2D eigenvalue weighted by Crippen LogP contribution is -2.47. The number of hydrogen-bond donors (Lipinski definition) is 4. The average molecular weight is 207 g/mol. The highest BCUT2D eigenvalue weighted by atomic mass is 32.3. The molecule has 0 aromatic heterocycles. The lowest BCUT2D eigenvalue weighted by atomic mass is 12.9. The van der Waals surface area contributed by atoms with Crippen LogP contribution in [0.1, 0.15) is 0 Å². The zero-order chi connectivity index (χ0) is 9.28. The number of nitrogens with two attached hydrogens (primary N) is 1. The van der Waals surface area contributed by atoms with E-state index in [1.807, 2.05) is 0 Å². The molecule has 0 aromatic carbocycles. The summed E-state index contributed by atoms with van der Waals surface area (Å²) in [6.07, 6.45) is 0. The number of hydrazine groups is 1. The smallest absolute Gasteiger partial charge is 0.301 e. The first-order valence-corrected chi connectivity index (χ1v) is 4.74. The minimum absolute atomic E-state index is 0.582. The van der Waals surface area contributed by atoms with E-state index in [9.17, 15) is 16.8 Å². The van der Waals surface area contributed by atoms with Gasteiger partial charge in [0.1, 0.15) is 0 Å². The van der Waals surface area contributed by atoms with Gasteiger partial charge in [0.15, 0.2) is 0 Å². The molecule has 0 unspecified atom stereocenters. The van der Waals surface area contributed by atoms with Gasteiger partial charge in [-0.25, -0.2) is 5.84 Å². The Morgan fingerprint density at radius 1 is 1.27 bits per heavy atom. The van der Waals surface area contributed by atoms with E-state index in [0.29, 0.717) is 4.89 Å². The summed E-state index contributed by atoms with van der Waals surface area (Å²) < 4.78 is 47.5. The van der Waals surface area contributed by atoms with Crippen molar-refractivity contribution in [1.29, 1.82) is 0 Å². The average Bonchev–Trinajstić information content (AvgIpc) is 1.84. The molecule has 0 aliphatic rings. The molecule has 11 heavy (non-hydrogen) atoms. The van der Waals surface area contributed by atoms with E-state index in [1.165, 1.54) is 0 Å². The van der Waals surface area contributed by atoms with Crippen LogP contribution in [0.15, 0.2) is 0 Å². The highest BCUT2D eigenvalue weighted by Gasteiger charge is 2.28. The first-order valence-electron chi connectivity index (χ1n) is 1.90. The third-order valence-electron chi connectivity index (χ3n) is 0.580. The standard InChI is InChI=1S/H5N3O6S2/c1-3(11(7,8)9)10(5,6)2-4/h2,4H,1H2,(H,7,8,9). The molecule has 0 aliphatic carbocycles. The second-order valence-corrected chi connectivity index (χ2v) is 4.35. The summed E-state index contributed by atoms with van der Waals surface area (Å²) >= 11 is 0. The van der Waals surface area contributed by atoms with E-state index in [-0.39, 0.29) is 0 Å². The third-order valence-corrected chi connectivity index (χ3v) is 2.89. The van der Waals surface area contributed by atoms with Crippen LogP contribution < -0.4 is 10.7 Å². The fourth-order valence-corrected chi connectivity index (χ4v) is 1.34. The maximum Gasteiger partial charge on any atom is 0.363 e.